The van der Waals surface area contributed by atoms with Crippen LogP contribution in [0.4, 0.5) is 0 Å². The molecule has 0 spiro atoms. The Morgan fingerprint density at radius 3 is 1.94 bits per heavy atom. The van der Waals surface area contributed by atoms with Crippen LogP contribution >= 0.6 is 0 Å². The first-order chi connectivity index (χ1) is 24.8. The van der Waals surface area contributed by atoms with Gasteiger partial charge < -0.3 is 19.1 Å². The summed E-state index contributed by atoms with van der Waals surface area (Å²) in [6.07, 6.45) is 4.23. The monoisotopic (exact) mass is 681 g/mol. The third-order valence-electron chi connectivity index (χ3n) is 9.25. The molecule has 2 heterocycles. The van der Waals surface area contributed by atoms with Crippen LogP contribution in [-0.4, -0.2) is 47.2 Å². The molecule has 0 atom stereocenters. The van der Waals surface area contributed by atoms with Gasteiger partial charge in [-0.25, -0.2) is 4.98 Å². The van der Waals surface area contributed by atoms with E-state index in [0.717, 1.165) is 72.7 Å². The average molecular weight is 682 g/mol. The Bertz CT molecular complexity index is 1890. The van der Waals surface area contributed by atoms with Crippen molar-refractivity contribution in [2.45, 2.75) is 53.4 Å². The lowest BCUT2D eigenvalue weighted by molar-refractivity contribution is -0.104. The maximum atomic E-state index is 11.8. The van der Waals surface area contributed by atoms with Gasteiger partial charge in [-0.05, 0) is 84.0 Å². The van der Waals surface area contributed by atoms with Crippen LogP contribution in [-0.2, 0) is 24.6 Å². The molecule has 0 radical (unpaired) electrons. The molecule has 4 aromatic carbocycles. The molecular weight excluding hydrogens is 635 g/mol. The number of nitrogens with zero attached hydrogens (tertiary/aromatic N) is 3. The quantitative estimate of drug-likeness (QED) is 0.0856. The fourth-order valence-electron chi connectivity index (χ4n) is 6.16. The van der Waals surface area contributed by atoms with Gasteiger partial charge in [0.25, 0.3) is 0 Å². The molecule has 1 saturated heterocycles. The Morgan fingerprint density at radius 2 is 1.33 bits per heavy atom. The number of hydrogen-bond acceptors (Lipinski definition) is 7. The van der Waals surface area contributed by atoms with Gasteiger partial charge in [-0.2, -0.15) is 0 Å². The highest BCUT2D eigenvalue weighted by atomic mass is 16.5. The molecule has 51 heavy (non-hydrogen) atoms. The molecule has 0 N–H and O–H groups in total. The summed E-state index contributed by atoms with van der Waals surface area (Å²) in [5.41, 5.74) is 9.05. The van der Waals surface area contributed by atoms with Gasteiger partial charge >= 0.3 is 0 Å². The lowest BCUT2D eigenvalue weighted by Gasteiger charge is -2.37. The highest BCUT2D eigenvalue weighted by Crippen LogP contribution is 2.30. The van der Waals surface area contributed by atoms with Crippen molar-refractivity contribution >= 4 is 12.0 Å². The summed E-state index contributed by atoms with van der Waals surface area (Å²) in [5, 5.41) is 0. The van der Waals surface area contributed by atoms with E-state index in [4.69, 9.17) is 14.2 Å². The number of hydrogen-bond donors (Lipinski definition) is 0. The zero-order chi connectivity index (χ0) is 35.6. The summed E-state index contributed by atoms with van der Waals surface area (Å²) in [5.74, 6) is 3.26. The summed E-state index contributed by atoms with van der Waals surface area (Å²) in [7, 11) is 0. The molecule has 7 heteroatoms. The van der Waals surface area contributed by atoms with Crippen LogP contribution < -0.4 is 14.2 Å². The zero-order valence-corrected chi connectivity index (χ0v) is 30.0. The molecular formula is C44H47N3O4. The van der Waals surface area contributed by atoms with Gasteiger partial charge in [-0.3, -0.25) is 9.69 Å². The van der Waals surface area contributed by atoms with E-state index in [1.165, 1.54) is 16.7 Å². The highest BCUT2D eigenvalue weighted by molar-refractivity contribution is 5.82. The summed E-state index contributed by atoms with van der Waals surface area (Å²) < 4.78 is 18.0. The third kappa shape index (κ3) is 9.86. The van der Waals surface area contributed by atoms with Crippen LogP contribution in [0.3, 0.4) is 0 Å². The molecule has 0 amide bonds. The van der Waals surface area contributed by atoms with Crippen LogP contribution in [0.1, 0.15) is 58.7 Å². The Balaban J connectivity index is 0.983. The molecule has 5 aromatic rings. The molecule has 262 valence electrons. The van der Waals surface area contributed by atoms with Crippen molar-refractivity contribution in [2.75, 3.05) is 26.2 Å². The molecule has 1 fully saturated rings. The van der Waals surface area contributed by atoms with E-state index in [1.54, 1.807) is 12.3 Å². The molecule has 0 aliphatic carbocycles. The van der Waals surface area contributed by atoms with Crippen molar-refractivity contribution in [1.82, 2.24) is 14.8 Å². The normalized spacial score (nSPS) is 13.7. The first-order valence-electron chi connectivity index (χ1n) is 17.7. The van der Waals surface area contributed by atoms with E-state index in [-0.39, 0.29) is 0 Å². The minimum absolute atomic E-state index is 0.480. The fourth-order valence-corrected chi connectivity index (χ4v) is 6.16. The van der Waals surface area contributed by atoms with E-state index in [9.17, 15) is 4.79 Å². The maximum absolute atomic E-state index is 11.8. The van der Waals surface area contributed by atoms with Crippen molar-refractivity contribution in [2.24, 2.45) is 0 Å². The molecule has 0 unspecified atom stereocenters. The number of piperazine rings is 1. The first kappa shape index (κ1) is 35.4. The maximum Gasteiger partial charge on any atom is 0.219 e. The van der Waals surface area contributed by atoms with Gasteiger partial charge in [0.15, 0.2) is 0 Å². The average Bonchev–Trinajstić information content (AvgIpc) is 3.15. The summed E-state index contributed by atoms with van der Waals surface area (Å²) in [6.45, 7) is 13.9. The Kier molecular flexibility index (Phi) is 11.8. The predicted molar refractivity (Wildman–Crippen MR) is 203 cm³/mol. The summed E-state index contributed by atoms with van der Waals surface area (Å²) >= 11 is 0. The van der Waals surface area contributed by atoms with Gasteiger partial charge in [0.2, 0.25) is 5.88 Å². The van der Waals surface area contributed by atoms with Crippen molar-refractivity contribution < 1.29 is 19.0 Å². The lowest BCUT2D eigenvalue weighted by Crippen LogP contribution is -2.45. The number of aldehydes is 1. The first-order valence-corrected chi connectivity index (χ1v) is 17.7. The largest absolute Gasteiger partial charge is 0.489 e. The Labute approximate surface area is 302 Å². The summed E-state index contributed by atoms with van der Waals surface area (Å²) in [6, 6.07) is 35.0. The van der Waals surface area contributed by atoms with Crippen molar-refractivity contribution in [1.29, 1.82) is 0 Å². The SMILES string of the molecule is Cc1ccc(COc2ccc(Oc3ccc(/C(=C\C=O)N4CCN(Cc5ccc(COc6ccc(C(C)C)cc6)cc5)CC4)c(C)c3)nc2)cc1. The summed E-state index contributed by atoms with van der Waals surface area (Å²) in [4.78, 5) is 21.0. The second kappa shape index (κ2) is 17.0. The number of pyridine rings is 1. The second-order valence-corrected chi connectivity index (χ2v) is 13.5. The third-order valence-corrected chi connectivity index (χ3v) is 9.25. The van der Waals surface area contributed by atoms with Gasteiger partial charge in [-0.15, -0.1) is 0 Å². The molecule has 1 aromatic heterocycles. The topological polar surface area (TPSA) is 64.1 Å². The van der Waals surface area contributed by atoms with Crippen molar-refractivity contribution in [3.8, 4) is 23.1 Å². The number of allylic oxidation sites excluding steroid dienone is 1. The van der Waals surface area contributed by atoms with E-state index in [2.05, 4.69) is 96.2 Å². The van der Waals surface area contributed by atoms with Crippen LogP contribution in [0.25, 0.3) is 5.70 Å². The number of benzene rings is 4. The zero-order valence-electron chi connectivity index (χ0n) is 30.0. The predicted octanol–water partition coefficient (Wildman–Crippen LogP) is 9.13. The number of carbonyl (C=O) groups excluding carboxylic acids is 1. The van der Waals surface area contributed by atoms with Gasteiger partial charge in [0, 0.05) is 56.1 Å². The molecule has 0 bridgehead atoms. The van der Waals surface area contributed by atoms with Crippen LogP contribution in [0.2, 0.25) is 0 Å². The van der Waals surface area contributed by atoms with Gasteiger partial charge in [-0.1, -0.05) is 80.1 Å². The number of ether oxygens (including phenoxy) is 3. The minimum atomic E-state index is 0.480. The second-order valence-electron chi connectivity index (χ2n) is 13.5. The van der Waals surface area contributed by atoms with Gasteiger partial charge in [0.1, 0.15) is 36.7 Å². The van der Waals surface area contributed by atoms with E-state index >= 15 is 0 Å². The van der Waals surface area contributed by atoms with Gasteiger partial charge in [0.05, 0.1) is 6.20 Å². The van der Waals surface area contributed by atoms with E-state index in [0.29, 0.717) is 36.5 Å². The van der Waals surface area contributed by atoms with Crippen molar-refractivity contribution in [3.63, 3.8) is 0 Å². The van der Waals surface area contributed by atoms with E-state index in [1.807, 2.05) is 49.4 Å². The molecule has 1 aliphatic rings. The van der Waals surface area contributed by atoms with Crippen LogP contribution in [0.5, 0.6) is 23.1 Å². The molecule has 7 nitrogen and oxygen atoms in total. The smallest absolute Gasteiger partial charge is 0.219 e. The fraction of sp³-hybridized carbons (Fsp3) is 0.273. The Morgan fingerprint density at radius 1 is 0.725 bits per heavy atom. The van der Waals surface area contributed by atoms with E-state index < -0.39 is 0 Å². The number of rotatable bonds is 14. The number of carbonyl (C=O) groups is 1. The Hall–Kier alpha value is -5.40. The minimum Gasteiger partial charge on any atom is -0.489 e. The molecule has 6 rings (SSSR count). The van der Waals surface area contributed by atoms with Crippen LogP contribution in [0, 0.1) is 13.8 Å². The number of aromatic nitrogens is 1. The highest BCUT2D eigenvalue weighted by Gasteiger charge is 2.21. The molecule has 1 aliphatic heterocycles. The molecule has 0 saturated carbocycles. The number of aryl methyl sites for hydroxylation is 2. The lowest BCUT2D eigenvalue weighted by atomic mass is 10.0. The van der Waals surface area contributed by atoms with Crippen LogP contribution in [0.15, 0.2) is 115 Å². The van der Waals surface area contributed by atoms with Crippen molar-refractivity contribution in [3.05, 3.63) is 154 Å². The standard InChI is InChI=1S/C44H47N3O4/c1-32(2)38-13-15-39(16-14-38)49-30-37-11-9-35(10-12-37)29-46-22-24-47(25-23-46)43(21-26-48)42-19-17-40(27-34(42)4)51-44-20-18-41(28-45-44)50-31-36-7-5-33(3)6-8-36/h5-21,26-28,32H,22-25,29-31H2,1-4H3/b43-21+.